The average molecular weight is 388 g/mol. The van der Waals surface area contributed by atoms with E-state index in [0.717, 1.165) is 37.6 Å². The lowest BCUT2D eigenvalue weighted by Gasteiger charge is -2.10. The highest BCUT2D eigenvalue weighted by molar-refractivity contribution is 7.99. The quantitative estimate of drug-likeness (QED) is 0.471. The number of amides is 1. The van der Waals surface area contributed by atoms with Crippen LogP contribution in [0.4, 0.5) is 5.69 Å². The first-order chi connectivity index (χ1) is 13.6. The number of fused-ring (bicyclic) bond motifs is 1. The minimum absolute atomic E-state index is 0.115. The van der Waals surface area contributed by atoms with Gasteiger partial charge in [0.05, 0.1) is 12.1 Å². The third kappa shape index (κ3) is 3.94. The van der Waals surface area contributed by atoms with Crippen LogP contribution in [0, 0.1) is 13.8 Å². The molecule has 28 heavy (non-hydrogen) atoms. The number of aryl methyl sites for hydroxylation is 2. The van der Waals surface area contributed by atoms with Gasteiger partial charge in [-0.3, -0.25) is 4.79 Å². The molecule has 1 heterocycles. The summed E-state index contributed by atoms with van der Waals surface area (Å²) in [5, 5.41) is 8.07. The largest absolute Gasteiger partial charge is 0.356 e. The highest BCUT2D eigenvalue weighted by Gasteiger charge is 2.16. The van der Waals surface area contributed by atoms with Gasteiger partial charge in [-0.2, -0.15) is 0 Å². The maximum atomic E-state index is 12.7. The van der Waals surface area contributed by atoms with Gasteiger partial charge >= 0.3 is 0 Å². The van der Waals surface area contributed by atoms with Gasteiger partial charge in [-0.15, -0.1) is 0 Å². The Morgan fingerprint density at radius 3 is 2.61 bits per heavy atom. The van der Waals surface area contributed by atoms with Crippen molar-refractivity contribution in [3.63, 3.8) is 0 Å². The summed E-state index contributed by atoms with van der Waals surface area (Å²) in [6.45, 7) is 4.03. The standard InChI is InChI=1S/C23H20N2O2S/c1-15-12-16(2)23-19(25-27-20(23)13-15)14-22(26)24-18-10-6-7-11-21(18)28-17-8-4-3-5-9-17/h3-13H,14H2,1-2H3,(H,24,26). The molecule has 0 aliphatic heterocycles. The third-order valence-electron chi connectivity index (χ3n) is 4.45. The molecule has 0 fully saturated rings. The smallest absolute Gasteiger partial charge is 0.230 e. The van der Waals surface area contributed by atoms with Crippen LogP contribution in [-0.2, 0) is 11.2 Å². The van der Waals surface area contributed by atoms with Gasteiger partial charge < -0.3 is 9.84 Å². The molecule has 0 spiro atoms. The Balaban J connectivity index is 1.54. The van der Waals surface area contributed by atoms with Gasteiger partial charge in [0.1, 0.15) is 5.69 Å². The van der Waals surface area contributed by atoms with E-state index < -0.39 is 0 Å². The first-order valence-electron chi connectivity index (χ1n) is 9.07. The van der Waals surface area contributed by atoms with Crippen molar-refractivity contribution in [2.24, 2.45) is 0 Å². The number of carbonyl (C=O) groups excluding carboxylic acids is 1. The molecule has 3 aromatic carbocycles. The zero-order valence-corrected chi connectivity index (χ0v) is 16.5. The van der Waals surface area contributed by atoms with Crippen molar-refractivity contribution in [2.45, 2.75) is 30.1 Å². The maximum absolute atomic E-state index is 12.7. The molecule has 1 aromatic heterocycles. The molecule has 0 unspecified atom stereocenters. The molecule has 4 aromatic rings. The molecule has 0 atom stereocenters. The first kappa shape index (κ1) is 18.3. The lowest BCUT2D eigenvalue weighted by Crippen LogP contribution is -2.15. The van der Waals surface area contributed by atoms with Gasteiger partial charge in [0.25, 0.3) is 0 Å². The summed E-state index contributed by atoms with van der Waals surface area (Å²) in [6, 6.07) is 21.9. The molecule has 0 bridgehead atoms. The zero-order chi connectivity index (χ0) is 19.5. The molecule has 5 heteroatoms. The van der Waals surface area contributed by atoms with E-state index in [1.54, 1.807) is 11.8 Å². The Morgan fingerprint density at radius 2 is 1.79 bits per heavy atom. The Hall–Kier alpha value is -3.05. The maximum Gasteiger partial charge on any atom is 0.230 e. The summed E-state index contributed by atoms with van der Waals surface area (Å²) in [6.07, 6.45) is 0.168. The van der Waals surface area contributed by atoms with Crippen LogP contribution in [0.1, 0.15) is 16.8 Å². The lowest BCUT2D eigenvalue weighted by atomic mass is 10.0. The first-order valence-corrected chi connectivity index (χ1v) is 9.89. The topological polar surface area (TPSA) is 55.1 Å². The summed E-state index contributed by atoms with van der Waals surface area (Å²) in [5.74, 6) is -0.115. The van der Waals surface area contributed by atoms with E-state index >= 15 is 0 Å². The van der Waals surface area contributed by atoms with Crippen molar-refractivity contribution in [3.8, 4) is 0 Å². The SMILES string of the molecule is Cc1cc(C)c2c(CC(=O)Nc3ccccc3Sc3ccccc3)noc2c1. The van der Waals surface area contributed by atoms with Gasteiger partial charge in [-0.05, 0) is 55.3 Å². The van der Waals surface area contributed by atoms with E-state index in [4.69, 9.17) is 4.52 Å². The second-order valence-corrected chi connectivity index (χ2v) is 7.84. The van der Waals surface area contributed by atoms with Gasteiger partial charge in [0.2, 0.25) is 5.91 Å². The van der Waals surface area contributed by atoms with E-state index in [0.29, 0.717) is 5.69 Å². The number of carbonyl (C=O) groups is 1. The molecule has 0 saturated carbocycles. The third-order valence-corrected chi connectivity index (χ3v) is 5.53. The van der Waals surface area contributed by atoms with Crippen molar-refractivity contribution < 1.29 is 9.32 Å². The molecule has 4 nitrogen and oxygen atoms in total. The average Bonchev–Trinajstić information content (AvgIpc) is 3.07. The number of hydrogen-bond acceptors (Lipinski definition) is 4. The summed E-state index contributed by atoms with van der Waals surface area (Å²) in [7, 11) is 0. The van der Waals surface area contributed by atoms with E-state index in [2.05, 4.69) is 28.7 Å². The Bertz CT molecular complexity index is 1140. The van der Waals surface area contributed by atoms with E-state index in [-0.39, 0.29) is 12.3 Å². The number of anilines is 1. The number of rotatable bonds is 5. The fraction of sp³-hybridized carbons (Fsp3) is 0.130. The molecule has 1 amide bonds. The Kier molecular flexibility index (Phi) is 5.17. The highest BCUT2D eigenvalue weighted by Crippen LogP contribution is 2.33. The molecule has 140 valence electrons. The van der Waals surface area contributed by atoms with Crippen LogP contribution in [0.2, 0.25) is 0 Å². The summed E-state index contributed by atoms with van der Waals surface area (Å²) >= 11 is 1.62. The number of aromatic nitrogens is 1. The van der Waals surface area contributed by atoms with Gasteiger partial charge in [0.15, 0.2) is 5.58 Å². The van der Waals surface area contributed by atoms with E-state index in [1.807, 2.05) is 62.4 Å². The molecule has 0 radical (unpaired) electrons. The Morgan fingerprint density at radius 1 is 1.04 bits per heavy atom. The molecule has 0 saturated heterocycles. The Labute approximate surface area is 167 Å². The number of nitrogens with one attached hydrogen (secondary N) is 1. The normalized spacial score (nSPS) is 10.9. The van der Waals surface area contributed by atoms with Crippen molar-refractivity contribution in [1.82, 2.24) is 5.16 Å². The van der Waals surface area contributed by atoms with Crippen LogP contribution < -0.4 is 5.32 Å². The van der Waals surface area contributed by atoms with Crippen molar-refractivity contribution in [3.05, 3.63) is 83.6 Å². The molecule has 1 N–H and O–H groups in total. The predicted molar refractivity (Wildman–Crippen MR) is 113 cm³/mol. The molecule has 0 aliphatic rings. The van der Waals surface area contributed by atoms with Crippen LogP contribution in [0.15, 0.2) is 81.0 Å². The van der Waals surface area contributed by atoms with Gasteiger partial charge in [-0.25, -0.2) is 0 Å². The lowest BCUT2D eigenvalue weighted by molar-refractivity contribution is -0.115. The zero-order valence-electron chi connectivity index (χ0n) is 15.7. The number of nitrogens with zero attached hydrogens (tertiary/aromatic N) is 1. The van der Waals surface area contributed by atoms with Crippen LogP contribution in [-0.4, -0.2) is 11.1 Å². The van der Waals surface area contributed by atoms with E-state index in [1.165, 1.54) is 0 Å². The van der Waals surface area contributed by atoms with Crippen molar-refractivity contribution in [2.75, 3.05) is 5.32 Å². The minimum atomic E-state index is -0.115. The molecular weight excluding hydrogens is 368 g/mol. The van der Waals surface area contributed by atoms with Crippen molar-refractivity contribution in [1.29, 1.82) is 0 Å². The molecule has 4 rings (SSSR count). The van der Waals surface area contributed by atoms with Crippen LogP contribution in [0.25, 0.3) is 11.0 Å². The van der Waals surface area contributed by atoms with Crippen LogP contribution >= 0.6 is 11.8 Å². The molecule has 0 aliphatic carbocycles. The van der Waals surface area contributed by atoms with Gasteiger partial charge in [0, 0.05) is 15.2 Å². The fourth-order valence-corrected chi connectivity index (χ4v) is 4.18. The summed E-state index contributed by atoms with van der Waals surface area (Å²) in [4.78, 5) is 14.8. The summed E-state index contributed by atoms with van der Waals surface area (Å²) in [5.41, 5.74) is 4.36. The number of hydrogen-bond donors (Lipinski definition) is 1. The van der Waals surface area contributed by atoms with E-state index in [9.17, 15) is 4.79 Å². The monoisotopic (exact) mass is 388 g/mol. The van der Waals surface area contributed by atoms with Gasteiger partial charge in [-0.1, -0.05) is 53.3 Å². The van der Waals surface area contributed by atoms with Crippen LogP contribution in [0.5, 0.6) is 0 Å². The number of para-hydroxylation sites is 1. The second kappa shape index (κ2) is 7.90. The summed E-state index contributed by atoms with van der Waals surface area (Å²) < 4.78 is 5.43. The van der Waals surface area contributed by atoms with Crippen LogP contribution in [0.3, 0.4) is 0 Å². The fourth-order valence-electron chi connectivity index (χ4n) is 3.26. The minimum Gasteiger partial charge on any atom is -0.356 e. The second-order valence-electron chi connectivity index (χ2n) is 6.72. The predicted octanol–water partition coefficient (Wildman–Crippen LogP) is 5.78. The number of benzene rings is 3. The van der Waals surface area contributed by atoms with Crippen molar-refractivity contribution >= 4 is 34.3 Å². The highest BCUT2D eigenvalue weighted by atomic mass is 32.2. The molecular formula is C23H20N2O2S.